The number of hydrogen-bond donors (Lipinski definition) is 1. The molecule has 0 aliphatic heterocycles. The maximum atomic E-state index is 6.01. The Morgan fingerprint density at radius 2 is 1.79 bits per heavy atom. The molecule has 0 aliphatic carbocycles. The predicted octanol–water partition coefficient (Wildman–Crippen LogP) is 5.80. The van der Waals surface area contributed by atoms with E-state index in [2.05, 4.69) is 57.0 Å². The second-order valence-corrected chi connectivity index (χ2v) is 7.16. The van der Waals surface area contributed by atoms with Crippen LogP contribution in [0.25, 0.3) is 0 Å². The number of ether oxygens (including phenoxy) is 1. The highest BCUT2D eigenvalue weighted by Crippen LogP contribution is 2.24. The summed E-state index contributed by atoms with van der Waals surface area (Å²) >= 11 is 5.31. The molecule has 1 N–H and O–H groups in total. The smallest absolute Gasteiger partial charge is 0.124 e. The number of thiophene rings is 1. The zero-order valence-corrected chi connectivity index (χ0v) is 16.3. The van der Waals surface area contributed by atoms with Crippen molar-refractivity contribution in [2.75, 3.05) is 0 Å². The lowest BCUT2D eigenvalue weighted by molar-refractivity contribution is 0.302. The number of rotatable bonds is 7. The van der Waals surface area contributed by atoms with Crippen LogP contribution in [0.1, 0.15) is 16.0 Å². The molecule has 0 unspecified atom stereocenters. The van der Waals surface area contributed by atoms with E-state index in [1.165, 1.54) is 10.4 Å². The van der Waals surface area contributed by atoms with Gasteiger partial charge in [-0.2, -0.15) is 0 Å². The Labute approximate surface area is 161 Å². The molecule has 0 fully saturated rings. The van der Waals surface area contributed by atoms with Crippen molar-refractivity contribution in [3.63, 3.8) is 0 Å². The fraction of sp³-hybridized carbons (Fsp3) is 0.158. The van der Waals surface area contributed by atoms with Crippen LogP contribution in [0, 0.1) is 0 Å². The Bertz CT molecular complexity index is 734. The van der Waals surface area contributed by atoms with Crippen LogP contribution in [0.2, 0.25) is 0 Å². The second kappa shape index (κ2) is 9.84. The summed E-state index contributed by atoms with van der Waals surface area (Å²) in [5, 5.41) is 5.58. The Kier molecular flexibility index (Phi) is 7.79. The van der Waals surface area contributed by atoms with Crippen LogP contribution < -0.4 is 10.1 Å². The molecule has 24 heavy (non-hydrogen) atoms. The van der Waals surface area contributed by atoms with Gasteiger partial charge in [0.05, 0.1) is 0 Å². The highest BCUT2D eigenvalue weighted by molar-refractivity contribution is 9.10. The van der Waals surface area contributed by atoms with Crippen LogP contribution >= 0.6 is 39.7 Å². The van der Waals surface area contributed by atoms with Gasteiger partial charge in [-0.3, -0.25) is 0 Å². The summed E-state index contributed by atoms with van der Waals surface area (Å²) in [6.45, 7) is 2.24. The van der Waals surface area contributed by atoms with Crippen LogP contribution in [-0.4, -0.2) is 0 Å². The van der Waals surface area contributed by atoms with E-state index in [-0.39, 0.29) is 12.4 Å². The van der Waals surface area contributed by atoms with Crippen LogP contribution in [0.5, 0.6) is 5.75 Å². The molecule has 2 aromatic carbocycles. The van der Waals surface area contributed by atoms with Crippen molar-refractivity contribution in [2.45, 2.75) is 19.7 Å². The van der Waals surface area contributed by atoms with Gasteiger partial charge in [0.2, 0.25) is 0 Å². The van der Waals surface area contributed by atoms with Crippen LogP contribution in [0.3, 0.4) is 0 Å². The van der Waals surface area contributed by atoms with E-state index in [1.54, 1.807) is 11.3 Å². The zero-order chi connectivity index (χ0) is 15.9. The van der Waals surface area contributed by atoms with Crippen molar-refractivity contribution >= 4 is 39.7 Å². The second-order valence-electron chi connectivity index (χ2n) is 5.21. The summed E-state index contributed by atoms with van der Waals surface area (Å²) in [4.78, 5) is 1.34. The Hall–Kier alpha value is -1.33. The third-order valence-corrected chi connectivity index (χ3v) is 4.82. The Morgan fingerprint density at radius 3 is 2.54 bits per heavy atom. The maximum Gasteiger partial charge on any atom is 0.124 e. The molecule has 0 bridgehead atoms. The molecule has 0 atom stereocenters. The molecular formula is C19H19BrClNOS. The van der Waals surface area contributed by atoms with E-state index in [9.17, 15) is 0 Å². The van der Waals surface area contributed by atoms with Gasteiger partial charge in [-0.05, 0) is 35.2 Å². The molecule has 0 spiro atoms. The standard InChI is InChI=1S/C19H18BrNOS.ClH/c20-17-8-9-19(22-14-15-5-2-1-3-6-15)16(11-17)12-21-13-18-7-4-10-23-18;/h1-11,21H,12-14H2;1H. The zero-order valence-electron chi connectivity index (χ0n) is 13.1. The van der Waals surface area contributed by atoms with Gasteiger partial charge in [-0.15, -0.1) is 23.7 Å². The quantitative estimate of drug-likeness (QED) is 0.517. The van der Waals surface area contributed by atoms with Gasteiger partial charge >= 0.3 is 0 Å². The monoisotopic (exact) mass is 423 g/mol. The molecule has 0 amide bonds. The third kappa shape index (κ3) is 5.64. The highest BCUT2D eigenvalue weighted by Gasteiger charge is 2.05. The lowest BCUT2D eigenvalue weighted by Gasteiger charge is -2.13. The number of hydrogen-bond acceptors (Lipinski definition) is 3. The minimum Gasteiger partial charge on any atom is -0.489 e. The van der Waals surface area contributed by atoms with Crippen molar-refractivity contribution in [2.24, 2.45) is 0 Å². The highest BCUT2D eigenvalue weighted by atomic mass is 79.9. The molecule has 1 heterocycles. The molecular weight excluding hydrogens is 406 g/mol. The first kappa shape index (κ1) is 19.0. The fourth-order valence-corrected chi connectivity index (χ4v) is 3.38. The molecule has 126 valence electrons. The molecule has 0 saturated heterocycles. The van der Waals surface area contributed by atoms with E-state index < -0.39 is 0 Å². The molecule has 1 aromatic heterocycles. The van der Waals surface area contributed by atoms with Gasteiger partial charge in [0.25, 0.3) is 0 Å². The minimum absolute atomic E-state index is 0. The topological polar surface area (TPSA) is 21.3 Å². The summed E-state index contributed by atoms with van der Waals surface area (Å²) in [5.74, 6) is 0.927. The van der Waals surface area contributed by atoms with Gasteiger partial charge in [0.1, 0.15) is 12.4 Å². The number of benzene rings is 2. The number of nitrogens with one attached hydrogen (secondary N) is 1. The van der Waals surface area contributed by atoms with Crippen LogP contribution in [-0.2, 0) is 19.7 Å². The summed E-state index contributed by atoms with van der Waals surface area (Å²) < 4.78 is 7.07. The first-order chi connectivity index (χ1) is 11.3. The van der Waals surface area contributed by atoms with Crippen molar-refractivity contribution in [3.05, 3.63) is 86.5 Å². The minimum atomic E-state index is 0. The van der Waals surface area contributed by atoms with Gasteiger partial charge in [0, 0.05) is 28.0 Å². The molecule has 0 radical (unpaired) electrons. The first-order valence-electron chi connectivity index (χ1n) is 7.49. The van der Waals surface area contributed by atoms with Crippen molar-refractivity contribution in [1.82, 2.24) is 5.32 Å². The lowest BCUT2D eigenvalue weighted by Crippen LogP contribution is -2.13. The molecule has 2 nitrogen and oxygen atoms in total. The van der Waals surface area contributed by atoms with Crippen molar-refractivity contribution in [3.8, 4) is 5.75 Å². The van der Waals surface area contributed by atoms with E-state index in [4.69, 9.17) is 4.74 Å². The average molecular weight is 425 g/mol. The fourth-order valence-electron chi connectivity index (χ4n) is 2.30. The van der Waals surface area contributed by atoms with Crippen LogP contribution in [0.15, 0.2) is 70.5 Å². The number of halogens is 2. The van der Waals surface area contributed by atoms with Crippen molar-refractivity contribution < 1.29 is 4.74 Å². The SMILES string of the molecule is Brc1ccc(OCc2ccccc2)c(CNCc2cccs2)c1.Cl. The van der Waals surface area contributed by atoms with Gasteiger partial charge in [0.15, 0.2) is 0 Å². The van der Waals surface area contributed by atoms with Crippen molar-refractivity contribution in [1.29, 1.82) is 0 Å². The molecule has 5 heteroatoms. The molecule has 3 rings (SSSR count). The summed E-state index contributed by atoms with van der Waals surface area (Å²) in [7, 11) is 0. The maximum absolute atomic E-state index is 6.01. The summed E-state index contributed by atoms with van der Waals surface area (Å²) in [5.41, 5.74) is 2.33. The van der Waals surface area contributed by atoms with E-state index >= 15 is 0 Å². The van der Waals surface area contributed by atoms with E-state index in [1.807, 2.05) is 30.3 Å². The summed E-state index contributed by atoms with van der Waals surface area (Å²) in [6.07, 6.45) is 0. The molecule has 3 aromatic rings. The van der Waals surface area contributed by atoms with E-state index in [0.717, 1.165) is 28.9 Å². The molecule has 0 aliphatic rings. The largest absolute Gasteiger partial charge is 0.489 e. The van der Waals surface area contributed by atoms with Gasteiger partial charge in [-0.1, -0.05) is 52.3 Å². The van der Waals surface area contributed by atoms with Gasteiger partial charge in [-0.25, -0.2) is 0 Å². The average Bonchev–Trinajstić information content (AvgIpc) is 3.08. The van der Waals surface area contributed by atoms with Gasteiger partial charge < -0.3 is 10.1 Å². The third-order valence-electron chi connectivity index (χ3n) is 3.45. The predicted molar refractivity (Wildman–Crippen MR) is 107 cm³/mol. The summed E-state index contributed by atoms with van der Waals surface area (Å²) in [6, 6.07) is 20.6. The lowest BCUT2D eigenvalue weighted by atomic mass is 10.2. The Morgan fingerprint density at radius 1 is 0.958 bits per heavy atom. The Balaban J connectivity index is 0.00000208. The van der Waals surface area contributed by atoms with Crippen LogP contribution in [0.4, 0.5) is 0 Å². The molecule has 0 saturated carbocycles. The van der Waals surface area contributed by atoms with E-state index in [0.29, 0.717) is 6.61 Å². The first-order valence-corrected chi connectivity index (χ1v) is 9.17. The normalized spacial score (nSPS) is 10.2.